The van der Waals surface area contributed by atoms with Crippen LogP contribution in [0.2, 0.25) is 5.02 Å². The summed E-state index contributed by atoms with van der Waals surface area (Å²) in [6.45, 7) is 2.92. The van der Waals surface area contributed by atoms with E-state index in [1.807, 2.05) is 42.3 Å². The second kappa shape index (κ2) is 10.9. The van der Waals surface area contributed by atoms with Gasteiger partial charge in [-0.15, -0.1) is 0 Å². The molecule has 0 spiro atoms. The van der Waals surface area contributed by atoms with Crippen molar-refractivity contribution in [3.63, 3.8) is 0 Å². The van der Waals surface area contributed by atoms with Gasteiger partial charge in [0.05, 0.1) is 13.4 Å². The van der Waals surface area contributed by atoms with Gasteiger partial charge in [-0.05, 0) is 79.7 Å². The number of carbonyl (C=O) groups excluding carboxylic acids is 1. The van der Waals surface area contributed by atoms with Crippen molar-refractivity contribution in [2.45, 2.75) is 31.8 Å². The zero-order chi connectivity index (χ0) is 23.2. The fraction of sp³-hybridized carbons (Fsp3) is 0.370. The highest BCUT2D eigenvalue weighted by Gasteiger charge is 2.33. The number of likely N-dealkylation sites (N-methyl/N-ethyl adjacent to an activating group) is 1. The molecular formula is C27H31ClN2O3. The molecule has 1 amide bonds. The van der Waals surface area contributed by atoms with Crippen molar-refractivity contribution in [3.8, 4) is 5.75 Å². The molecule has 1 aliphatic rings. The zero-order valence-electron chi connectivity index (χ0n) is 19.2. The molecule has 1 unspecified atom stereocenters. The van der Waals surface area contributed by atoms with Crippen LogP contribution in [0, 0.1) is 5.92 Å². The number of hydrogen-bond donors (Lipinski definition) is 0. The van der Waals surface area contributed by atoms with E-state index in [1.54, 1.807) is 25.5 Å². The molecule has 6 heteroatoms. The largest absolute Gasteiger partial charge is 0.497 e. The number of furan rings is 1. The Morgan fingerprint density at radius 3 is 2.48 bits per heavy atom. The molecule has 1 aliphatic heterocycles. The van der Waals surface area contributed by atoms with Gasteiger partial charge in [-0.3, -0.25) is 9.69 Å². The lowest BCUT2D eigenvalue weighted by Crippen LogP contribution is -2.47. The molecular weight excluding hydrogens is 436 g/mol. The average Bonchev–Trinajstić information content (AvgIpc) is 3.39. The van der Waals surface area contributed by atoms with Crippen LogP contribution < -0.4 is 4.74 Å². The number of nitrogens with zero attached hydrogens (tertiary/aromatic N) is 2. The molecule has 5 nitrogen and oxygen atoms in total. The topological polar surface area (TPSA) is 45.9 Å². The van der Waals surface area contributed by atoms with Crippen molar-refractivity contribution in [1.82, 2.24) is 9.80 Å². The van der Waals surface area contributed by atoms with Crippen molar-refractivity contribution in [2.75, 3.05) is 27.2 Å². The quantitative estimate of drug-likeness (QED) is 0.437. The molecule has 1 aromatic heterocycles. The molecule has 33 heavy (non-hydrogen) atoms. The van der Waals surface area contributed by atoms with Crippen LogP contribution in [0.15, 0.2) is 71.3 Å². The first-order valence-electron chi connectivity index (χ1n) is 11.4. The maximum atomic E-state index is 13.1. The summed E-state index contributed by atoms with van der Waals surface area (Å²) >= 11 is 6.49. The molecule has 3 aromatic rings. The van der Waals surface area contributed by atoms with E-state index in [9.17, 15) is 4.79 Å². The van der Waals surface area contributed by atoms with Crippen molar-refractivity contribution in [1.29, 1.82) is 0 Å². The Morgan fingerprint density at radius 1 is 1.12 bits per heavy atom. The molecule has 174 valence electrons. The van der Waals surface area contributed by atoms with Gasteiger partial charge in [-0.2, -0.15) is 0 Å². The monoisotopic (exact) mass is 466 g/mol. The summed E-state index contributed by atoms with van der Waals surface area (Å²) in [4.78, 5) is 17.4. The standard InChI is InChI=1S/C27H31ClN2O3/c1-29(27(31)26-8-5-17-33-26)25(18-22-6-3-4-7-24(22)28)21-13-15-30(16-14-21)19-20-9-11-23(32-2)12-10-20/h3-12,17,21,25H,13-16,18-19H2,1-2H3. The SMILES string of the molecule is COc1ccc(CN2CCC(C(Cc3ccccc3Cl)N(C)C(=O)c3ccco3)CC2)cc1. The van der Waals surface area contributed by atoms with E-state index < -0.39 is 0 Å². The van der Waals surface area contributed by atoms with Crippen LogP contribution in [0.4, 0.5) is 0 Å². The van der Waals surface area contributed by atoms with Crippen LogP contribution >= 0.6 is 11.6 Å². The third-order valence-corrected chi connectivity index (χ3v) is 7.05. The van der Waals surface area contributed by atoms with Crippen LogP contribution in [-0.4, -0.2) is 49.0 Å². The van der Waals surface area contributed by atoms with Crippen molar-refractivity contribution in [3.05, 3.63) is 88.8 Å². The Hall–Kier alpha value is -2.76. The van der Waals surface area contributed by atoms with Gasteiger partial charge in [0.2, 0.25) is 0 Å². The number of piperidine rings is 1. The molecule has 0 radical (unpaired) electrons. The molecule has 4 rings (SSSR count). The number of amides is 1. The summed E-state index contributed by atoms with van der Waals surface area (Å²) in [5.41, 5.74) is 2.36. The second-order valence-electron chi connectivity index (χ2n) is 8.72. The van der Waals surface area contributed by atoms with Crippen molar-refractivity contribution in [2.24, 2.45) is 5.92 Å². The lowest BCUT2D eigenvalue weighted by atomic mass is 9.84. The molecule has 0 aliphatic carbocycles. The van der Waals surface area contributed by atoms with Gasteiger partial charge in [-0.25, -0.2) is 0 Å². The number of likely N-dealkylation sites (tertiary alicyclic amines) is 1. The minimum Gasteiger partial charge on any atom is -0.497 e. The molecule has 2 heterocycles. The highest BCUT2D eigenvalue weighted by molar-refractivity contribution is 6.31. The summed E-state index contributed by atoms with van der Waals surface area (Å²) < 4.78 is 10.7. The van der Waals surface area contributed by atoms with Gasteiger partial charge >= 0.3 is 0 Å². The van der Waals surface area contributed by atoms with E-state index in [4.69, 9.17) is 20.8 Å². The highest BCUT2D eigenvalue weighted by atomic mass is 35.5. The molecule has 0 bridgehead atoms. The number of carbonyl (C=O) groups is 1. The Balaban J connectivity index is 1.45. The predicted octanol–water partition coefficient (Wildman–Crippen LogP) is 5.54. The minimum absolute atomic E-state index is 0.0469. The van der Waals surface area contributed by atoms with E-state index in [0.29, 0.717) is 11.7 Å². The molecule has 0 saturated carbocycles. The van der Waals surface area contributed by atoms with E-state index >= 15 is 0 Å². The number of halogens is 1. The lowest BCUT2D eigenvalue weighted by molar-refractivity contribution is 0.0556. The summed E-state index contributed by atoms with van der Waals surface area (Å²) in [7, 11) is 3.57. The maximum Gasteiger partial charge on any atom is 0.289 e. The summed E-state index contributed by atoms with van der Waals surface area (Å²) in [5, 5.41) is 0.748. The van der Waals surface area contributed by atoms with Gasteiger partial charge < -0.3 is 14.1 Å². The fourth-order valence-electron chi connectivity index (χ4n) is 4.72. The van der Waals surface area contributed by atoms with Crippen molar-refractivity contribution >= 4 is 17.5 Å². The van der Waals surface area contributed by atoms with Crippen molar-refractivity contribution < 1.29 is 13.9 Å². The van der Waals surface area contributed by atoms with E-state index in [-0.39, 0.29) is 11.9 Å². The molecule has 0 N–H and O–H groups in total. The molecule has 1 saturated heterocycles. The first-order valence-corrected chi connectivity index (χ1v) is 11.8. The zero-order valence-corrected chi connectivity index (χ0v) is 20.0. The lowest BCUT2D eigenvalue weighted by Gasteiger charge is -2.40. The fourth-order valence-corrected chi connectivity index (χ4v) is 4.93. The van der Waals surface area contributed by atoms with Crippen LogP contribution in [0.3, 0.4) is 0 Å². The van der Waals surface area contributed by atoms with Crippen LogP contribution in [0.5, 0.6) is 5.75 Å². The van der Waals surface area contributed by atoms with Gasteiger partial charge in [0.25, 0.3) is 5.91 Å². The number of benzene rings is 2. The summed E-state index contributed by atoms with van der Waals surface area (Å²) in [6.07, 6.45) is 4.33. The van der Waals surface area contributed by atoms with Crippen LogP contribution in [0.25, 0.3) is 0 Å². The van der Waals surface area contributed by atoms with E-state index in [2.05, 4.69) is 23.1 Å². The summed E-state index contributed by atoms with van der Waals surface area (Å²) in [6, 6.07) is 19.7. The Bertz CT molecular complexity index is 1030. The normalized spacial score (nSPS) is 15.8. The number of ether oxygens (including phenoxy) is 1. The summed E-state index contributed by atoms with van der Waals surface area (Å²) in [5.74, 6) is 1.55. The van der Waals surface area contributed by atoms with Gasteiger partial charge in [0.15, 0.2) is 5.76 Å². The van der Waals surface area contributed by atoms with E-state index in [0.717, 1.165) is 55.2 Å². The van der Waals surface area contributed by atoms with E-state index in [1.165, 1.54) is 5.56 Å². The average molecular weight is 467 g/mol. The Morgan fingerprint density at radius 2 is 1.85 bits per heavy atom. The third kappa shape index (κ3) is 5.79. The molecule has 1 fully saturated rings. The number of hydrogen-bond acceptors (Lipinski definition) is 4. The van der Waals surface area contributed by atoms with Crippen LogP contribution in [-0.2, 0) is 13.0 Å². The number of rotatable bonds is 8. The van der Waals surface area contributed by atoms with Gasteiger partial charge in [0.1, 0.15) is 5.75 Å². The predicted molar refractivity (Wildman–Crippen MR) is 131 cm³/mol. The second-order valence-corrected chi connectivity index (χ2v) is 9.13. The highest BCUT2D eigenvalue weighted by Crippen LogP contribution is 2.30. The third-order valence-electron chi connectivity index (χ3n) is 6.68. The first-order chi connectivity index (χ1) is 16.0. The number of methoxy groups -OCH3 is 1. The Labute approximate surface area is 200 Å². The molecule has 1 atom stereocenters. The van der Waals surface area contributed by atoms with Crippen LogP contribution in [0.1, 0.15) is 34.5 Å². The minimum atomic E-state index is -0.0854. The van der Waals surface area contributed by atoms with Gasteiger partial charge in [0, 0.05) is 24.7 Å². The van der Waals surface area contributed by atoms with Gasteiger partial charge in [-0.1, -0.05) is 41.9 Å². The first kappa shape index (κ1) is 23.4. The smallest absolute Gasteiger partial charge is 0.289 e. The maximum absolute atomic E-state index is 13.1. The molecule has 2 aromatic carbocycles. The Kier molecular flexibility index (Phi) is 7.73.